The molecule has 4 nitrogen and oxygen atoms in total. The Morgan fingerprint density at radius 1 is 0.882 bits per heavy atom. The van der Waals surface area contributed by atoms with Crippen LogP contribution >= 0.6 is 46.6 Å². The maximum atomic E-state index is 13.5. The van der Waals surface area contributed by atoms with E-state index in [2.05, 4.69) is 5.32 Å². The van der Waals surface area contributed by atoms with Gasteiger partial charge < -0.3 is 10.2 Å². The van der Waals surface area contributed by atoms with Gasteiger partial charge in [-0.05, 0) is 41.0 Å². The van der Waals surface area contributed by atoms with Crippen molar-refractivity contribution in [3.05, 3.63) is 105 Å². The van der Waals surface area contributed by atoms with Gasteiger partial charge in [0.2, 0.25) is 11.8 Å². The van der Waals surface area contributed by atoms with Gasteiger partial charge in [0, 0.05) is 40.8 Å². The van der Waals surface area contributed by atoms with Crippen molar-refractivity contribution in [3.63, 3.8) is 0 Å². The summed E-state index contributed by atoms with van der Waals surface area (Å²) < 4.78 is 0. The van der Waals surface area contributed by atoms with Crippen molar-refractivity contribution in [2.45, 2.75) is 24.8 Å². The van der Waals surface area contributed by atoms with Gasteiger partial charge in [0.15, 0.2) is 0 Å². The number of hydrogen-bond donors (Lipinski definition) is 1. The van der Waals surface area contributed by atoms with Crippen LogP contribution in [0.5, 0.6) is 0 Å². The molecule has 8 heteroatoms. The fourth-order valence-electron chi connectivity index (χ4n) is 3.50. The first-order valence-electron chi connectivity index (χ1n) is 10.7. The molecule has 0 radical (unpaired) electrons. The Hall–Kier alpha value is -2.18. The van der Waals surface area contributed by atoms with E-state index in [0.29, 0.717) is 27.2 Å². The summed E-state index contributed by atoms with van der Waals surface area (Å²) in [6, 6.07) is 21.6. The third kappa shape index (κ3) is 7.41. The van der Waals surface area contributed by atoms with Crippen LogP contribution in [-0.4, -0.2) is 35.6 Å². The summed E-state index contributed by atoms with van der Waals surface area (Å²) in [5.74, 6) is 0.303. The summed E-state index contributed by atoms with van der Waals surface area (Å²) in [5, 5.41) is 4.46. The highest BCUT2D eigenvalue weighted by Gasteiger charge is 2.29. The predicted molar refractivity (Wildman–Crippen MR) is 143 cm³/mol. The van der Waals surface area contributed by atoms with Gasteiger partial charge in [0.1, 0.15) is 6.04 Å². The summed E-state index contributed by atoms with van der Waals surface area (Å²) in [5.41, 5.74) is 2.65. The molecule has 0 saturated carbocycles. The van der Waals surface area contributed by atoms with Crippen LogP contribution in [0.15, 0.2) is 72.8 Å². The van der Waals surface area contributed by atoms with Crippen LogP contribution in [0.25, 0.3) is 0 Å². The Kier molecular flexibility index (Phi) is 10.1. The van der Waals surface area contributed by atoms with Crippen LogP contribution in [-0.2, 0) is 28.3 Å². The summed E-state index contributed by atoms with van der Waals surface area (Å²) in [4.78, 5) is 28.0. The largest absolute Gasteiger partial charge is 0.357 e. The molecule has 0 spiro atoms. The zero-order valence-corrected chi connectivity index (χ0v) is 21.7. The van der Waals surface area contributed by atoms with Crippen molar-refractivity contribution in [2.24, 2.45) is 0 Å². The van der Waals surface area contributed by atoms with Gasteiger partial charge in [-0.15, -0.1) is 11.8 Å². The lowest BCUT2D eigenvalue weighted by Crippen LogP contribution is -2.50. The SMILES string of the molecule is CNC(=O)[C@@H](Cc1ccccc1)N(Cc1ccc(Cl)cc1)C(=O)CSCc1c(Cl)cccc1Cl. The molecule has 0 aliphatic carbocycles. The Bertz CT molecular complexity index is 1090. The summed E-state index contributed by atoms with van der Waals surface area (Å²) in [6.45, 7) is 0.286. The van der Waals surface area contributed by atoms with Gasteiger partial charge in [-0.3, -0.25) is 9.59 Å². The highest BCUT2D eigenvalue weighted by Crippen LogP contribution is 2.28. The van der Waals surface area contributed by atoms with E-state index in [-0.39, 0.29) is 24.1 Å². The standard InChI is InChI=1S/C26H25Cl3N2O2S/c1-30-26(33)24(14-18-6-3-2-4-7-18)31(15-19-10-12-20(27)13-11-19)25(32)17-34-16-21-22(28)8-5-9-23(21)29/h2-13,24H,14-17H2,1H3,(H,30,33)/t24-/m1/s1. The number of hydrogen-bond acceptors (Lipinski definition) is 3. The quantitative estimate of drug-likeness (QED) is 0.333. The second-order valence-corrected chi connectivity index (χ2v) is 9.90. The smallest absolute Gasteiger partial charge is 0.242 e. The molecule has 0 saturated heterocycles. The molecule has 0 unspecified atom stereocenters. The molecule has 0 aromatic heterocycles. The van der Waals surface area contributed by atoms with Crippen molar-refractivity contribution in [1.29, 1.82) is 0 Å². The normalized spacial score (nSPS) is 11.6. The average molecular weight is 536 g/mol. The van der Waals surface area contributed by atoms with Crippen molar-refractivity contribution in [3.8, 4) is 0 Å². The molecule has 0 bridgehead atoms. The number of amides is 2. The minimum atomic E-state index is -0.667. The Labute approximate surface area is 219 Å². The van der Waals surface area contributed by atoms with Gasteiger partial charge in [-0.1, -0.05) is 83.3 Å². The zero-order chi connectivity index (χ0) is 24.5. The number of likely N-dealkylation sites (N-methyl/N-ethyl adjacent to an activating group) is 1. The number of rotatable bonds is 10. The van der Waals surface area contributed by atoms with Crippen LogP contribution < -0.4 is 5.32 Å². The molecular weight excluding hydrogens is 511 g/mol. The van der Waals surface area contributed by atoms with Crippen molar-refractivity contribution in [2.75, 3.05) is 12.8 Å². The Morgan fingerprint density at radius 2 is 1.53 bits per heavy atom. The molecule has 0 aliphatic heterocycles. The number of carbonyl (C=O) groups excluding carboxylic acids is 2. The third-order valence-electron chi connectivity index (χ3n) is 5.32. The molecule has 0 heterocycles. The van der Waals surface area contributed by atoms with E-state index in [0.717, 1.165) is 16.7 Å². The van der Waals surface area contributed by atoms with Gasteiger partial charge in [-0.25, -0.2) is 0 Å². The lowest BCUT2D eigenvalue weighted by molar-refractivity contribution is -0.139. The van der Waals surface area contributed by atoms with Gasteiger partial charge >= 0.3 is 0 Å². The number of nitrogens with one attached hydrogen (secondary N) is 1. The van der Waals surface area contributed by atoms with E-state index in [1.54, 1.807) is 42.3 Å². The number of benzene rings is 3. The van der Waals surface area contributed by atoms with Crippen molar-refractivity contribution < 1.29 is 9.59 Å². The maximum Gasteiger partial charge on any atom is 0.242 e. The maximum absolute atomic E-state index is 13.5. The molecule has 1 N–H and O–H groups in total. The topological polar surface area (TPSA) is 49.4 Å². The number of halogens is 3. The lowest BCUT2D eigenvalue weighted by atomic mass is 10.0. The Balaban J connectivity index is 1.82. The molecule has 0 fully saturated rings. The van der Waals surface area contributed by atoms with E-state index in [1.165, 1.54) is 11.8 Å². The molecular formula is C26H25Cl3N2O2S. The van der Waals surface area contributed by atoms with Crippen LogP contribution in [0.3, 0.4) is 0 Å². The molecule has 3 rings (SSSR count). The highest BCUT2D eigenvalue weighted by atomic mass is 35.5. The number of thioether (sulfide) groups is 1. The van der Waals surface area contributed by atoms with E-state index in [4.69, 9.17) is 34.8 Å². The van der Waals surface area contributed by atoms with Crippen LogP contribution in [0.4, 0.5) is 0 Å². The minimum Gasteiger partial charge on any atom is -0.357 e. The first kappa shape index (κ1) is 26.4. The van der Waals surface area contributed by atoms with E-state index < -0.39 is 6.04 Å². The third-order valence-corrected chi connectivity index (χ3v) is 7.22. The molecule has 3 aromatic rings. The van der Waals surface area contributed by atoms with Gasteiger partial charge in [0.05, 0.1) is 5.75 Å². The summed E-state index contributed by atoms with van der Waals surface area (Å²) in [7, 11) is 1.58. The first-order valence-corrected chi connectivity index (χ1v) is 13.0. The average Bonchev–Trinajstić information content (AvgIpc) is 2.84. The fraction of sp³-hybridized carbons (Fsp3) is 0.231. The molecule has 3 aromatic carbocycles. The molecule has 1 atom stereocenters. The zero-order valence-electron chi connectivity index (χ0n) is 18.6. The second kappa shape index (κ2) is 13.1. The number of carbonyl (C=O) groups is 2. The van der Waals surface area contributed by atoms with E-state index in [9.17, 15) is 9.59 Å². The van der Waals surface area contributed by atoms with Crippen LogP contribution in [0, 0.1) is 0 Å². The van der Waals surface area contributed by atoms with Gasteiger partial charge in [-0.2, -0.15) is 0 Å². The molecule has 178 valence electrons. The number of nitrogens with zero attached hydrogens (tertiary/aromatic N) is 1. The Morgan fingerprint density at radius 3 is 2.15 bits per heavy atom. The van der Waals surface area contributed by atoms with Crippen LogP contribution in [0.1, 0.15) is 16.7 Å². The van der Waals surface area contributed by atoms with Crippen molar-refractivity contribution >= 4 is 58.4 Å². The van der Waals surface area contributed by atoms with E-state index >= 15 is 0 Å². The molecule has 2 amide bonds. The predicted octanol–water partition coefficient (Wildman–Crippen LogP) is 6.27. The highest BCUT2D eigenvalue weighted by molar-refractivity contribution is 7.99. The minimum absolute atomic E-state index is 0.146. The molecule has 0 aliphatic rings. The summed E-state index contributed by atoms with van der Waals surface area (Å²) >= 11 is 20.0. The monoisotopic (exact) mass is 534 g/mol. The molecule has 34 heavy (non-hydrogen) atoms. The second-order valence-electron chi connectivity index (χ2n) is 7.66. The summed E-state index contributed by atoms with van der Waals surface area (Å²) in [6.07, 6.45) is 0.404. The fourth-order valence-corrected chi connectivity index (χ4v) is 5.27. The lowest BCUT2D eigenvalue weighted by Gasteiger charge is -2.31. The van der Waals surface area contributed by atoms with E-state index in [1.807, 2.05) is 42.5 Å². The van der Waals surface area contributed by atoms with Gasteiger partial charge in [0.25, 0.3) is 0 Å². The van der Waals surface area contributed by atoms with Crippen LogP contribution in [0.2, 0.25) is 15.1 Å². The first-order chi connectivity index (χ1) is 16.4. The van der Waals surface area contributed by atoms with Crippen molar-refractivity contribution in [1.82, 2.24) is 10.2 Å².